The Morgan fingerprint density at radius 1 is 0.840 bits per heavy atom. The standard InChI is InChI=1S/C11H14O2.C10H12O2/c1-9(11(12)13-2)8-10-6-4-3-5-7-10;1-8(10(11)12)7-9-5-3-2-4-6-9/h3-7,9H,8H2,1-2H3;2-6,8H,7H2,1H3,(H,11,12). The first-order valence-corrected chi connectivity index (χ1v) is 8.32. The van der Waals surface area contributed by atoms with Gasteiger partial charge in [0.05, 0.1) is 18.9 Å². The zero-order chi connectivity index (χ0) is 18.7. The van der Waals surface area contributed by atoms with Crippen LogP contribution in [0.2, 0.25) is 0 Å². The molecule has 2 unspecified atom stereocenters. The van der Waals surface area contributed by atoms with Gasteiger partial charge in [-0.1, -0.05) is 74.5 Å². The van der Waals surface area contributed by atoms with E-state index < -0.39 is 5.97 Å². The molecule has 0 aromatic heterocycles. The van der Waals surface area contributed by atoms with Crippen LogP contribution in [-0.2, 0) is 27.2 Å². The number of benzene rings is 2. The number of esters is 1. The first-order valence-electron chi connectivity index (χ1n) is 8.32. The summed E-state index contributed by atoms with van der Waals surface area (Å²) < 4.78 is 4.65. The molecule has 25 heavy (non-hydrogen) atoms. The van der Waals surface area contributed by atoms with Crippen LogP contribution < -0.4 is 0 Å². The van der Waals surface area contributed by atoms with Crippen LogP contribution in [0.15, 0.2) is 60.7 Å². The van der Waals surface area contributed by atoms with Gasteiger partial charge in [-0.05, 0) is 24.0 Å². The Hall–Kier alpha value is -2.62. The number of carboxylic acid groups (broad SMARTS) is 1. The number of carbonyl (C=O) groups is 2. The maximum absolute atomic E-state index is 11.1. The highest BCUT2D eigenvalue weighted by atomic mass is 16.5. The van der Waals surface area contributed by atoms with Crippen molar-refractivity contribution >= 4 is 11.9 Å². The Balaban J connectivity index is 0.000000251. The van der Waals surface area contributed by atoms with Crippen molar-refractivity contribution in [2.75, 3.05) is 7.11 Å². The molecule has 2 aromatic rings. The highest BCUT2D eigenvalue weighted by molar-refractivity contribution is 5.72. The number of rotatable bonds is 6. The summed E-state index contributed by atoms with van der Waals surface area (Å²) in [4.78, 5) is 21.6. The SMILES string of the molecule is CC(Cc1ccccc1)C(=O)O.COC(=O)C(C)Cc1ccccc1. The third kappa shape index (κ3) is 8.15. The maximum atomic E-state index is 11.1. The lowest BCUT2D eigenvalue weighted by molar-refractivity contribution is -0.144. The van der Waals surface area contributed by atoms with Crippen LogP contribution in [0.4, 0.5) is 0 Å². The lowest BCUT2D eigenvalue weighted by atomic mass is 10.0. The molecule has 2 rings (SSSR count). The van der Waals surface area contributed by atoms with E-state index in [1.807, 2.05) is 67.6 Å². The molecule has 0 radical (unpaired) electrons. The second kappa shape index (κ2) is 11.0. The molecule has 134 valence electrons. The van der Waals surface area contributed by atoms with Crippen molar-refractivity contribution in [3.05, 3.63) is 71.8 Å². The number of ether oxygens (including phenoxy) is 1. The number of hydrogen-bond acceptors (Lipinski definition) is 3. The van der Waals surface area contributed by atoms with Crippen molar-refractivity contribution in [3.8, 4) is 0 Å². The van der Waals surface area contributed by atoms with E-state index in [1.165, 1.54) is 12.7 Å². The first kappa shape index (κ1) is 20.4. The fraction of sp³-hybridized carbons (Fsp3) is 0.333. The molecule has 2 aromatic carbocycles. The van der Waals surface area contributed by atoms with Gasteiger partial charge in [0.15, 0.2) is 0 Å². The van der Waals surface area contributed by atoms with Crippen molar-refractivity contribution in [1.29, 1.82) is 0 Å². The van der Waals surface area contributed by atoms with E-state index in [2.05, 4.69) is 4.74 Å². The minimum atomic E-state index is -0.737. The second-order valence-electron chi connectivity index (χ2n) is 6.04. The summed E-state index contributed by atoms with van der Waals surface area (Å²) in [6.45, 7) is 3.59. The summed E-state index contributed by atoms with van der Waals surface area (Å²) in [6, 6.07) is 19.6. The van der Waals surface area contributed by atoms with Gasteiger partial charge in [-0.15, -0.1) is 0 Å². The molecule has 0 aliphatic heterocycles. The zero-order valence-electron chi connectivity index (χ0n) is 15.0. The van der Waals surface area contributed by atoms with Gasteiger partial charge in [-0.2, -0.15) is 0 Å². The maximum Gasteiger partial charge on any atom is 0.308 e. The third-order valence-corrected chi connectivity index (χ3v) is 3.79. The summed E-state index contributed by atoms with van der Waals surface area (Å²) in [5, 5.41) is 8.64. The number of methoxy groups -OCH3 is 1. The van der Waals surface area contributed by atoms with E-state index in [9.17, 15) is 9.59 Å². The smallest absolute Gasteiger partial charge is 0.308 e. The predicted octanol–water partition coefficient (Wildman–Crippen LogP) is 3.99. The van der Waals surface area contributed by atoms with Gasteiger partial charge >= 0.3 is 11.9 Å². The number of aliphatic carboxylic acids is 1. The van der Waals surface area contributed by atoms with Crippen LogP contribution in [0.1, 0.15) is 25.0 Å². The number of carboxylic acids is 1. The molecule has 0 fully saturated rings. The normalized spacial score (nSPS) is 12.3. The molecular weight excluding hydrogens is 316 g/mol. The molecule has 0 aliphatic rings. The van der Waals surface area contributed by atoms with Gasteiger partial charge in [0.25, 0.3) is 0 Å². The molecule has 2 atom stereocenters. The van der Waals surface area contributed by atoms with E-state index >= 15 is 0 Å². The van der Waals surface area contributed by atoms with E-state index in [0.29, 0.717) is 6.42 Å². The third-order valence-electron chi connectivity index (χ3n) is 3.79. The summed E-state index contributed by atoms with van der Waals surface area (Å²) in [5.74, 6) is -1.25. The molecule has 0 amide bonds. The molecule has 0 saturated carbocycles. The Morgan fingerprint density at radius 3 is 1.60 bits per heavy atom. The number of hydrogen-bond donors (Lipinski definition) is 1. The zero-order valence-corrected chi connectivity index (χ0v) is 15.0. The van der Waals surface area contributed by atoms with Crippen molar-refractivity contribution < 1.29 is 19.4 Å². The van der Waals surface area contributed by atoms with E-state index in [1.54, 1.807) is 6.92 Å². The van der Waals surface area contributed by atoms with Crippen LogP contribution in [0.5, 0.6) is 0 Å². The molecule has 0 heterocycles. The minimum absolute atomic E-state index is 0.0626. The van der Waals surface area contributed by atoms with Gasteiger partial charge in [0.2, 0.25) is 0 Å². The van der Waals surface area contributed by atoms with Crippen molar-refractivity contribution in [1.82, 2.24) is 0 Å². The topological polar surface area (TPSA) is 63.6 Å². The van der Waals surface area contributed by atoms with Gasteiger partial charge in [-0.25, -0.2) is 0 Å². The quantitative estimate of drug-likeness (QED) is 0.806. The molecule has 0 bridgehead atoms. The van der Waals surface area contributed by atoms with Crippen molar-refractivity contribution in [2.45, 2.75) is 26.7 Å². The minimum Gasteiger partial charge on any atom is -0.481 e. The molecule has 0 spiro atoms. The Labute approximate surface area is 149 Å². The first-order chi connectivity index (χ1) is 11.9. The van der Waals surface area contributed by atoms with E-state index in [0.717, 1.165) is 12.0 Å². The summed E-state index contributed by atoms with van der Waals surface area (Å²) >= 11 is 0. The Morgan fingerprint density at radius 2 is 1.24 bits per heavy atom. The highest BCUT2D eigenvalue weighted by Gasteiger charge is 2.13. The van der Waals surface area contributed by atoms with E-state index in [4.69, 9.17) is 5.11 Å². The van der Waals surface area contributed by atoms with Crippen LogP contribution in [-0.4, -0.2) is 24.2 Å². The van der Waals surface area contributed by atoms with Gasteiger partial charge in [0, 0.05) is 0 Å². The fourth-order valence-corrected chi connectivity index (χ4v) is 2.31. The average molecular weight is 342 g/mol. The van der Waals surface area contributed by atoms with Crippen LogP contribution >= 0.6 is 0 Å². The van der Waals surface area contributed by atoms with Crippen LogP contribution in [0.3, 0.4) is 0 Å². The van der Waals surface area contributed by atoms with Gasteiger partial charge in [0.1, 0.15) is 0 Å². The molecule has 4 nitrogen and oxygen atoms in total. The van der Waals surface area contributed by atoms with Crippen LogP contribution in [0.25, 0.3) is 0 Å². The highest BCUT2D eigenvalue weighted by Crippen LogP contribution is 2.09. The second-order valence-corrected chi connectivity index (χ2v) is 6.04. The van der Waals surface area contributed by atoms with Gasteiger partial charge in [-0.3, -0.25) is 9.59 Å². The largest absolute Gasteiger partial charge is 0.481 e. The van der Waals surface area contributed by atoms with E-state index in [-0.39, 0.29) is 17.8 Å². The predicted molar refractivity (Wildman–Crippen MR) is 98.3 cm³/mol. The molecule has 0 aliphatic carbocycles. The molecular formula is C21H26O4. The summed E-state index contributed by atoms with van der Waals surface area (Å²) in [6.07, 6.45) is 1.35. The summed E-state index contributed by atoms with van der Waals surface area (Å²) in [5.41, 5.74) is 2.24. The molecule has 0 saturated heterocycles. The molecule has 1 N–H and O–H groups in total. The van der Waals surface area contributed by atoms with Crippen molar-refractivity contribution in [3.63, 3.8) is 0 Å². The monoisotopic (exact) mass is 342 g/mol. The lowest BCUT2D eigenvalue weighted by Gasteiger charge is -2.08. The average Bonchev–Trinajstić information content (AvgIpc) is 2.63. The summed E-state index contributed by atoms with van der Waals surface area (Å²) in [7, 11) is 1.42. The fourth-order valence-electron chi connectivity index (χ4n) is 2.31. The Kier molecular flexibility index (Phi) is 9.01. The van der Waals surface area contributed by atoms with Crippen molar-refractivity contribution in [2.24, 2.45) is 11.8 Å². The molecule has 4 heteroatoms. The Bertz CT molecular complexity index is 637. The number of carbonyl (C=O) groups excluding carboxylic acids is 1. The lowest BCUT2D eigenvalue weighted by Crippen LogP contribution is -2.14. The van der Waals surface area contributed by atoms with Gasteiger partial charge < -0.3 is 9.84 Å². The van der Waals surface area contributed by atoms with Crippen LogP contribution in [0, 0.1) is 11.8 Å².